The van der Waals surface area contributed by atoms with Gasteiger partial charge in [0.1, 0.15) is 11.7 Å². The smallest absolute Gasteiger partial charge is 0.233 e. The fraction of sp³-hybridized carbons (Fsp3) is 0.154. The van der Waals surface area contributed by atoms with Crippen molar-refractivity contribution >= 4 is 16.7 Å². The largest absolute Gasteiger partial charge is 0.493 e. The summed E-state index contributed by atoms with van der Waals surface area (Å²) in [4.78, 5) is 8.29. The molecule has 0 radical (unpaired) electrons. The maximum Gasteiger partial charge on any atom is 0.233 e. The summed E-state index contributed by atoms with van der Waals surface area (Å²) in [6.45, 7) is 0. The van der Waals surface area contributed by atoms with Gasteiger partial charge in [0.25, 0.3) is 0 Å². The molecule has 2 N–H and O–H groups in total. The van der Waals surface area contributed by atoms with Gasteiger partial charge in [-0.1, -0.05) is 0 Å². The molecule has 0 spiro atoms. The molecule has 0 aliphatic heterocycles. The number of benzene rings is 1. The number of aromatic nitrogens is 4. The monoisotopic (exact) mass is 271 g/mol. The number of methoxy groups -OCH3 is 1. The van der Waals surface area contributed by atoms with Gasteiger partial charge in [-0.05, 0) is 12.1 Å². The second-order valence-corrected chi connectivity index (χ2v) is 4.20. The molecule has 0 fully saturated rings. The first-order valence-corrected chi connectivity index (χ1v) is 5.93. The van der Waals surface area contributed by atoms with E-state index in [4.69, 9.17) is 15.2 Å². The fourth-order valence-electron chi connectivity index (χ4n) is 1.90. The van der Waals surface area contributed by atoms with Crippen LogP contribution in [0.2, 0.25) is 0 Å². The van der Waals surface area contributed by atoms with Crippen LogP contribution in [0.5, 0.6) is 17.4 Å². The standard InChI is InChI=1S/C13H13N5O2/c1-18-12-9(6-17-18)13(16-7-15-12)20-11-5-8(14)3-4-10(11)19-2/h3-7H,14H2,1-2H3. The fourth-order valence-corrected chi connectivity index (χ4v) is 1.90. The molecule has 2 aromatic heterocycles. The zero-order chi connectivity index (χ0) is 14.1. The summed E-state index contributed by atoms with van der Waals surface area (Å²) in [5, 5.41) is 4.86. The van der Waals surface area contributed by atoms with Crippen molar-refractivity contribution in [1.82, 2.24) is 19.7 Å². The van der Waals surface area contributed by atoms with Crippen LogP contribution in [0.3, 0.4) is 0 Å². The highest BCUT2D eigenvalue weighted by Gasteiger charge is 2.12. The highest BCUT2D eigenvalue weighted by Crippen LogP contribution is 2.34. The number of hydrogen-bond donors (Lipinski definition) is 1. The number of anilines is 1. The molecule has 0 saturated heterocycles. The Morgan fingerprint density at radius 1 is 1.20 bits per heavy atom. The van der Waals surface area contributed by atoms with Crippen LogP contribution in [-0.4, -0.2) is 26.9 Å². The van der Waals surface area contributed by atoms with Crippen LogP contribution in [0.25, 0.3) is 11.0 Å². The minimum atomic E-state index is 0.409. The number of nitrogen functional groups attached to an aromatic ring is 1. The lowest BCUT2D eigenvalue weighted by molar-refractivity contribution is 0.376. The second-order valence-electron chi connectivity index (χ2n) is 4.20. The molecule has 2 heterocycles. The van der Waals surface area contributed by atoms with Gasteiger partial charge in [0.15, 0.2) is 17.1 Å². The first-order chi connectivity index (χ1) is 9.69. The third kappa shape index (κ3) is 1.99. The first-order valence-electron chi connectivity index (χ1n) is 5.93. The molecule has 3 rings (SSSR count). The van der Waals surface area contributed by atoms with Crippen molar-refractivity contribution in [3.63, 3.8) is 0 Å². The SMILES string of the molecule is COc1ccc(N)cc1Oc1ncnc2c1cnn2C. The number of ether oxygens (including phenoxy) is 2. The Labute approximate surface area is 115 Å². The Morgan fingerprint density at radius 2 is 2.05 bits per heavy atom. The van der Waals surface area contributed by atoms with E-state index < -0.39 is 0 Å². The Bertz CT molecular complexity index is 769. The molecule has 0 atom stereocenters. The Kier molecular flexibility index (Phi) is 2.86. The Balaban J connectivity index is 2.07. The molecular weight excluding hydrogens is 258 g/mol. The zero-order valence-corrected chi connectivity index (χ0v) is 11.1. The summed E-state index contributed by atoms with van der Waals surface area (Å²) in [6, 6.07) is 5.17. The molecule has 20 heavy (non-hydrogen) atoms. The third-order valence-corrected chi connectivity index (χ3v) is 2.89. The van der Waals surface area contributed by atoms with E-state index in [2.05, 4.69) is 15.1 Å². The van der Waals surface area contributed by atoms with Gasteiger partial charge in [-0.15, -0.1) is 0 Å². The molecule has 0 unspecified atom stereocenters. The normalized spacial score (nSPS) is 10.7. The van der Waals surface area contributed by atoms with Crippen molar-refractivity contribution in [3.8, 4) is 17.4 Å². The quantitative estimate of drug-likeness (QED) is 0.730. The number of nitrogens with two attached hydrogens (primary N) is 1. The van der Waals surface area contributed by atoms with Gasteiger partial charge in [0.05, 0.1) is 13.3 Å². The summed E-state index contributed by atoms with van der Waals surface area (Å²) < 4.78 is 12.7. The van der Waals surface area contributed by atoms with Crippen LogP contribution >= 0.6 is 0 Å². The maximum absolute atomic E-state index is 5.80. The summed E-state index contributed by atoms with van der Waals surface area (Å²) in [5.41, 5.74) is 7.04. The van der Waals surface area contributed by atoms with E-state index in [0.717, 1.165) is 5.39 Å². The molecule has 3 aromatic rings. The Hall–Kier alpha value is -2.83. The molecule has 102 valence electrons. The number of fused-ring (bicyclic) bond motifs is 1. The minimum absolute atomic E-state index is 0.409. The van der Waals surface area contributed by atoms with Crippen molar-refractivity contribution in [2.75, 3.05) is 12.8 Å². The van der Waals surface area contributed by atoms with Crippen molar-refractivity contribution < 1.29 is 9.47 Å². The first kappa shape index (κ1) is 12.2. The van der Waals surface area contributed by atoms with Crippen LogP contribution < -0.4 is 15.2 Å². The van der Waals surface area contributed by atoms with Gasteiger partial charge in [0.2, 0.25) is 5.88 Å². The lowest BCUT2D eigenvalue weighted by Gasteiger charge is -2.10. The summed E-state index contributed by atoms with van der Waals surface area (Å²) in [5.74, 6) is 1.48. The molecule has 0 saturated carbocycles. The van der Waals surface area contributed by atoms with E-state index in [9.17, 15) is 0 Å². The second kappa shape index (κ2) is 4.69. The van der Waals surface area contributed by atoms with Crippen LogP contribution in [0.1, 0.15) is 0 Å². The van der Waals surface area contributed by atoms with Crippen LogP contribution in [0.15, 0.2) is 30.7 Å². The number of aryl methyl sites for hydroxylation is 1. The van der Waals surface area contributed by atoms with Crippen molar-refractivity contribution in [3.05, 3.63) is 30.7 Å². The predicted octanol–water partition coefficient (Wildman–Crippen LogP) is 1.75. The number of nitrogens with zero attached hydrogens (tertiary/aromatic N) is 4. The van der Waals surface area contributed by atoms with E-state index in [-0.39, 0.29) is 0 Å². The molecule has 0 bridgehead atoms. The number of hydrogen-bond acceptors (Lipinski definition) is 6. The summed E-state index contributed by atoms with van der Waals surface area (Å²) >= 11 is 0. The predicted molar refractivity (Wildman–Crippen MR) is 73.8 cm³/mol. The van der Waals surface area contributed by atoms with Gasteiger partial charge in [-0.3, -0.25) is 4.68 Å². The van der Waals surface area contributed by atoms with Crippen LogP contribution in [0, 0.1) is 0 Å². The average Bonchev–Trinajstić information content (AvgIpc) is 2.82. The highest BCUT2D eigenvalue weighted by atomic mass is 16.5. The topological polar surface area (TPSA) is 88.1 Å². The third-order valence-electron chi connectivity index (χ3n) is 2.89. The van der Waals surface area contributed by atoms with Crippen molar-refractivity contribution in [2.45, 2.75) is 0 Å². The van der Waals surface area contributed by atoms with Crippen LogP contribution in [0.4, 0.5) is 5.69 Å². The van der Waals surface area contributed by atoms with E-state index in [1.807, 2.05) is 0 Å². The van der Waals surface area contributed by atoms with E-state index in [1.54, 1.807) is 43.2 Å². The minimum Gasteiger partial charge on any atom is -0.493 e. The maximum atomic E-state index is 5.80. The molecule has 7 nitrogen and oxygen atoms in total. The lowest BCUT2D eigenvalue weighted by atomic mass is 10.3. The van der Waals surface area contributed by atoms with Gasteiger partial charge >= 0.3 is 0 Å². The molecular formula is C13H13N5O2. The molecule has 0 aliphatic carbocycles. The average molecular weight is 271 g/mol. The van der Waals surface area contributed by atoms with Gasteiger partial charge in [0, 0.05) is 18.8 Å². The summed E-state index contributed by atoms with van der Waals surface area (Å²) in [7, 11) is 3.37. The zero-order valence-electron chi connectivity index (χ0n) is 11.1. The Morgan fingerprint density at radius 3 is 2.85 bits per heavy atom. The van der Waals surface area contributed by atoms with Crippen LogP contribution in [-0.2, 0) is 7.05 Å². The lowest BCUT2D eigenvalue weighted by Crippen LogP contribution is -1.96. The summed E-state index contributed by atoms with van der Waals surface area (Å²) in [6.07, 6.45) is 3.08. The molecule has 1 aromatic carbocycles. The molecule has 0 amide bonds. The number of rotatable bonds is 3. The van der Waals surface area contributed by atoms with E-state index in [0.29, 0.717) is 28.7 Å². The molecule has 7 heteroatoms. The highest BCUT2D eigenvalue weighted by molar-refractivity contribution is 5.80. The van der Waals surface area contributed by atoms with E-state index in [1.165, 1.54) is 6.33 Å². The van der Waals surface area contributed by atoms with Crippen molar-refractivity contribution in [1.29, 1.82) is 0 Å². The van der Waals surface area contributed by atoms with Crippen molar-refractivity contribution in [2.24, 2.45) is 7.05 Å². The van der Waals surface area contributed by atoms with Gasteiger partial charge in [-0.25, -0.2) is 9.97 Å². The van der Waals surface area contributed by atoms with Gasteiger partial charge < -0.3 is 15.2 Å². The molecule has 0 aliphatic rings. The van der Waals surface area contributed by atoms with E-state index >= 15 is 0 Å². The van der Waals surface area contributed by atoms with Gasteiger partial charge in [-0.2, -0.15) is 5.10 Å².